The Hall–Kier alpha value is -0.760. The lowest BCUT2D eigenvalue weighted by atomic mass is 10.2. The van der Waals surface area contributed by atoms with Crippen LogP contribution in [0, 0.1) is 0 Å². The summed E-state index contributed by atoms with van der Waals surface area (Å²) in [5, 5.41) is 0. The molecule has 0 aliphatic carbocycles. The largest absolute Gasteiger partial charge is 0.379 e. The lowest BCUT2D eigenvalue weighted by molar-refractivity contribution is -0.123. The van der Waals surface area contributed by atoms with Crippen molar-refractivity contribution in [3.05, 3.63) is 27.1 Å². The average molecular weight is 418 g/mol. The van der Waals surface area contributed by atoms with Gasteiger partial charge in [0.2, 0.25) is 5.91 Å². The zero-order valence-corrected chi connectivity index (χ0v) is 14.4. The fraction of sp³-hybridized carbons (Fsp3) is 0.429. The quantitative estimate of drug-likeness (QED) is 0.692. The number of anilines is 1. The number of hydrogen-bond acceptors (Lipinski definition) is 4. The molecule has 1 aromatic rings. The van der Waals surface area contributed by atoms with Crippen molar-refractivity contribution < 1.29 is 14.3 Å². The van der Waals surface area contributed by atoms with Crippen molar-refractivity contribution in [3.8, 4) is 0 Å². The first kappa shape index (κ1) is 15.1. The molecule has 2 aliphatic heterocycles. The first-order chi connectivity index (χ1) is 10.1. The third kappa shape index (κ3) is 2.92. The standard InChI is InChI=1S/C14H14Br2N2O3/c15-9-1-2-11(10(16)7-9)18-13(19)8-12(14(18)20)17-3-5-21-6-4-17/h1-2,7,12H,3-6,8H2. The Morgan fingerprint density at radius 1 is 1.14 bits per heavy atom. The molecule has 1 aromatic carbocycles. The Bertz CT molecular complexity index is 588. The minimum atomic E-state index is -0.364. The Balaban J connectivity index is 1.86. The summed E-state index contributed by atoms with van der Waals surface area (Å²) in [6, 6.07) is 5.06. The molecule has 2 heterocycles. The van der Waals surface area contributed by atoms with Crippen LogP contribution in [0.2, 0.25) is 0 Å². The van der Waals surface area contributed by atoms with Crippen LogP contribution in [0.25, 0.3) is 0 Å². The molecule has 5 nitrogen and oxygen atoms in total. The summed E-state index contributed by atoms with van der Waals surface area (Å²) in [5.41, 5.74) is 0.601. The lowest BCUT2D eigenvalue weighted by Crippen LogP contribution is -2.47. The number of ether oxygens (including phenoxy) is 1. The van der Waals surface area contributed by atoms with Crippen LogP contribution in [0.3, 0.4) is 0 Å². The SMILES string of the molecule is O=C1CC(N2CCOCC2)C(=O)N1c1ccc(Br)cc1Br. The highest BCUT2D eigenvalue weighted by Gasteiger charge is 2.43. The van der Waals surface area contributed by atoms with Gasteiger partial charge in [-0.3, -0.25) is 14.5 Å². The number of carbonyl (C=O) groups excluding carboxylic acids is 2. The number of hydrogen-bond donors (Lipinski definition) is 0. The van der Waals surface area contributed by atoms with Gasteiger partial charge in [0.1, 0.15) is 0 Å². The second-order valence-electron chi connectivity index (χ2n) is 5.03. The molecule has 2 saturated heterocycles. The molecule has 0 spiro atoms. The normalized spacial score (nSPS) is 23.9. The van der Waals surface area contributed by atoms with Gasteiger partial charge in [0, 0.05) is 22.0 Å². The molecule has 7 heteroatoms. The highest BCUT2D eigenvalue weighted by molar-refractivity contribution is 9.11. The molecule has 0 bridgehead atoms. The van der Waals surface area contributed by atoms with Crippen LogP contribution in [-0.2, 0) is 14.3 Å². The fourth-order valence-electron chi connectivity index (χ4n) is 2.71. The van der Waals surface area contributed by atoms with Gasteiger partial charge in [0.25, 0.3) is 5.91 Å². The second-order valence-corrected chi connectivity index (χ2v) is 6.80. The Labute approximate surface area is 139 Å². The molecule has 0 N–H and O–H groups in total. The summed E-state index contributed by atoms with van der Waals surface area (Å²) < 4.78 is 6.91. The van der Waals surface area contributed by atoms with Crippen LogP contribution < -0.4 is 4.90 Å². The summed E-state index contributed by atoms with van der Waals surface area (Å²) in [7, 11) is 0. The molecule has 2 fully saturated rings. The van der Waals surface area contributed by atoms with Crippen molar-refractivity contribution in [1.29, 1.82) is 0 Å². The van der Waals surface area contributed by atoms with Crippen molar-refractivity contribution in [1.82, 2.24) is 4.90 Å². The van der Waals surface area contributed by atoms with Gasteiger partial charge in [-0.15, -0.1) is 0 Å². The van der Waals surface area contributed by atoms with E-state index in [9.17, 15) is 9.59 Å². The summed E-state index contributed by atoms with van der Waals surface area (Å²) in [6.45, 7) is 2.61. The summed E-state index contributed by atoms with van der Waals surface area (Å²) in [5.74, 6) is -0.301. The number of rotatable bonds is 2. The van der Waals surface area contributed by atoms with Crippen molar-refractivity contribution in [2.24, 2.45) is 0 Å². The number of halogens is 2. The predicted octanol–water partition coefficient (Wildman–Crippen LogP) is 2.18. The van der Waals surface area contributed by atoms with E-state index >= 15 is 0 Å². The number of benzene rings is 1. The number of imide groups is 1. The number of morpholine rings is 1. The van der Waals surface area contributed by atoms with Crippen LogP contribution in [0.5, 0.6) is 0 Å². The minimum absolute atomic E-state index is 0.148. The van der Waals surface area contributed by atoms with Gasteiger partial charge in [-0.1, -0.05) is 15.9 Å². The number of amides is 2. The van der Waals surface area contributed by atoms with Gasteiger partial charge < -0.3 is 4.74 Å². The zero-order valence-electron chi connectivity index (χ0n) is 11.2. The first-order valence-corrected chi connectivity index (χ1v) is 8.30. The molecule has 3 rings (SSSR count). The molecular weight excluding hydrogens is 404 g/mol. The van der Waals surface area contributed by atoms with Gasteiger partial charge in [0.05, 0.1) is 31.4 Å². The molecule has 0 saturated carbocycles. The van der Waals surface area contributed by atoms with Gasteiger partial charge in [-0.25, -0.2) is 4.90 Å². The average Bonchev–Trinajstić information content (AvgIpc) is 2.76. The third-order valence-electron chi connectivity index (χ3n) is 3.76. The van der Waals surface area contributed by atoms with E-state index < -0.39 is 0 Å². The molecule has 0 aromatic heterocycles. The number of carbonyl (C=O) groups is 2. The van der Waals surface area contributed by atoms with Crippen LogP contribution in [-0.4, -0.2) is 49.1 Å². The second kappa shape index (κ2) is 6.16. The predicted molar refractivity (Wildman–Crippen MR) is 85.1 cm³/mol. The lowest BCUT2D eigenvalue weighted by Gasteiger charge is -2.30. The molecule has 2 aliphatic rings. The van der Waals surface area contributed by atoms with E-state index in [2.05, 4.69) is 31.9 Å². The van der Waals surface area contributed by atoms with E-state index in [1.54, 1.807) is 6.07 Å². The molecular formula is C14H14Br2N2O3. The Morgan fingerprint density at radius 2 is 1.86 bits per heavy atom. The van der Waals surface area contributed by atoms with Crippen LogP contribution >= 0.6 is 31.9 Å². The number of nitrogens with zero attached hydrogens (tertiary/aromatic N) is 2. The van der Waals surface area contributed by atoms with Crippen LogP contribution in [0.4, 0.5) is 5.69 Å². The highest BCUT2D eigenvalue weighted by Crippen LogP contribution is 2.33. The van der Waals surface area contributed by atoms with E-state index in [1.807, 2.05) is 17.0 Å². The van der Waals surface area contributed by atoms with Gasteiger partial charge in [0.15, 0.2) is 0 Å². The maximum atomic E-state index is 12.6. The first-order valence-electron chi connectivity index (χ1n) is 6.71. The van der Waals surface area contributed by atoms with Gasteiger partial charge in [-0.2, -0.15) is 0 Å². The fourth-order valence-corrected chi connectivity index (χ4v) is 3.93. The summed E-state index contributed by atoms with van der Waals surface area (Å²) in [4.78, 5) is 28.3. The van der Waals surface area contributed by atoms with E-state index in [0.717, 1.165) is 8.95 Å². The molecule has 0 radical (unpaired) electrons. The van der Waals surface area contributed by atoms with Crippen molar-refractivity contribution in [2.75, 3.05) is 31.2 Å². The molecule has 2 amide bonds. The monoisotopic (exact) mass is 416 g/mol. The van der Waals surface area contributed by atoms with E-state index in [4.69, 9.17) is 4.74 Å². The van der Waals surface area contributed by atoms with Crippen LogP contribution in [0.1, 0.15) is 6.42 Å². The third-order valence-corrected chi connectivity index (χ3v) is 4.89. The van der Waals surface area contributed by atoms with Gasteiger partial charge >= 0.3 is 0 Å². The van der Waals surface area contributed by atoms with E-state index in [1.165, 1.54) is 4.90 Å². The Morgan fingerprint density at radius 3 is 2.52 bits per heavy atom. The smallest absolute Gasteiger partial charge is 0.251 e. The van der Waals surface area contributed by atoms with Crippen molar-refractivity contribution >= 4 is 49.4 Å². The minimum Gasteiger partial charge on any atom is -0.379 e. The van der Waals surface area contributed by atoms with Crippen molar-refractivity contribution in [2.45, 2.75) is 12.5 Å². The molecule has 1 unspecified atom stereocenters. The molecule has 21 heavy (non-hydrogen) atoms. The maximum absolute atomic E-state index is 12.6. The van der Waals surface area contributed by atoms with Crippen molar-refractivity contribution in [3.63, 3.8) is 0 Å². The van der Waals surface area contributed by atoms with Crippen LogP contribution in [0.15, 0.2) is 27.1 Å². The Kier molecular flexibility index (Phi) is 4.44. The molecule has 112 valence electrons. The van der Waals surface area contributed by atoms with Gasteiger partial charge in [-0.05, 0) is 34.1 Å². The maximum Gasteiger partial charge on any atom is 0.251 e. The summed E-state index contributed by atoms with van der Waals surface area (Å²) in [6.07, 6.45) is 0.237. The van der Waals surface area contributed by atoms with E-state index in [-0.39, 0.29) is 24.3 Å². The summed E-state index contributed by atoms with van der Waals surface area (Å²) >= 11 is 6.79. The zero-order chi connectivity index (χ0) is 15.0. The molecule has 1 atom stereocenters. The van der Waals surface area contributed by atoms with E-state index in [0.29, 0.717) is 32.0 Å². The highest BCUT2D eigenvalue weighted by atomic mass is 79.9. The topological polar surface area (TPSA) is 49.9 Å².